The fourth-order valence-corrected chi connectivity index (χ4v) is 6.21. The summed E-state index contributed by atoms with van der Waals surface area (Å²) >= 11 is 6.18. The molecule has 0 aliphatic heterocycles. The Morgan fingerprint density at radius 2 is 1.62 bits per heavy atom. The first kappa shape index (κ1) is 41.8. The number of benzene rings is 3. The molecular weight excluding hydrogens is 726 g/mol. The van der Waals surface area contributed by atoms with E-state index in [9.17, 15) is 29.2 Å². The normalized spacial score (nSPS) is 12.6. The number of esters is 2. The summed E-state index contributed by atoms with van der Waals surface area (Å²) in [6, 6.07) is 20.2. The number of carbonyl (C=O) groups excluding carboxylic acids is 4. The van der Waals surface area contributed by atoms with Gasteiger partial charge in [-0.15, -0.1) is 0 Å². The van der Waals surface area contributed by atoms with E-state index in [0.29, 0.717) is 27.4 Å². The van der Waals surface area contributed by atoms with E-state index >= 15 is 0 Å². The molecule has 0 spiro atoms. The molecule has 1 aromatic heterocycles. The van der Waals surface area contributed by atoms with Crippen LogP contribution in [0.3, 0.4) is 0 Å². The van der Waals surface area contributed by atoms with Crippen LogP contribution in [-0.2, 0) is 30.5 Å². The van der Waals surface area contributed by atoms with Crippen molar-refractivity contribution in [3.63, 3.8) is 0 Å². The lowest BCUT2D eigenvalue weighted by Gasteiger charge is -2.28. The number of anilines is 1. The second-order valence-electron chi connectivity index (χ2n) is 13.2. The van der Waals surface area contributed by atoms with Gasteiger partial charge in [0.1, 0.15) is 25.0 Å². The SMILES string of the molecule is CCC(C(=O)Nc1ccc(C(=O)OCC(NC(=O)C(C(C)C)N(C)C)C(=O)OCc2ccccc2)cc1)n1cc(OC)c(-c2cc(Cl)ccc2C#N)cc1=O. The number of nitrogens with one attached hydrogen (secondary N) is 2. The molecule has 1 heterocycles. The summed E-state index contributed by atoms with van der Waals surface area (Å²) in [5, 5.41) is 15.4. The highest BCUT2D eigenvalue weighted by Crippen LogP contribution is 2.33. The highest BCUT2D eigenvalue weighted by molar-refractivity contribution is 6.31. The largest absolute Gasteiger partial charge is 0.495 e. The molecule has 3 unspecified atom stereocenters. The van der Waals surface area contributed by atoms with E-state index in [1.165, 1.54) is 48.2 Å². The zero-order valence-corrected chi connectivity index (χ0v) is 32.3. The Kier molecular flexibility index (Phi) is 14.7. The number of nitriles is 1. The van der Waals surface area contributed by atoms with E-state index in [4.69, 9.17) is 25.8 Å². The van der Waals surface area contributed by atoms with Crippen LogP contribution in [0, 0.1) is 17.2 Å². The fourth-order valence-electron chi connectivity index (χ4n) is 6.04. The second kappa shape index (κ2) is 19.4. The van der Waals surface area contributed by atoms with Crippen LogP contribution in [0.1, 0.15) is 54.7 Å². The van der Waals surface area contributed by atoms with Gasteiger partial charge in [0.25, 0.3) is 5.56 Å². The van der Waals surface area contributed by atoms with Crippen molar-refractivity contribution in [1.29, 1.82) is 5.26 Å². The van der Waals surface area contributed by atoms with Crippen molar-refractivity contribution in [3.8, 4) is 22.9 Å². The third-order valence-corrected chi connectivity index (χ3v) is 8.97. The average molecular weight is 770 g/mol. The zero-order valence-electron chi connectivity index (χ0n) is 31.5. The summed E-state index contributed by atoms with van der Waals surface area (Å²) in [6.07, 6.45) is 1.67. The highest BCUT2D eigenvalue weighted by atomic mass is 35.5. The van der Waals surface area contributed by atoms with Crippen molar-refractivity contribution in [2.24, 2.45) is 5.92 Å². The standard InChI is InChI=1S/C41H44ClN5O8/c1-7-34(47-22-35(53-6)32(20-36(47)48)31-19-29(42)16-13-28(31)21-43)38(49)44-30-17-14-27(15-18-30)40(51)55-24-33(45-39(50)37(25(2)3)46(4)5)41(52)54-23-26-11-9-8-10-12-26/h8-20,22,25,33-34,37H,7,23-24H2,1-6H3,(H,44,49)(H,45,50). The van der Waals surface area contributed by atoms with Gasteiger partial charge in [0.05, 0.1) is 36.5 Å². The Balaban J connectivity index is 1.46. The summed E-state index contributed by atoms with van der Waals surface area (Å²) < 4.78 is 17.7. The fraction of sp³-hybridized carbons (Fsp3) is 0.317. The minimum absolute atomic E-state index is 0.0347. The molecule has 4 aromatic rings. The van der Waals surface area contributed by atoms with E-state index in [2.05, 4.69) is 16.7 Å². The molecule has 0 radical (unpaired) electrons. The van der Waals surface area contributed by atoms with Crippen molar-refractivity contribution < 1.29 is 33.4 Å². The number of methoxy groups -OCH3 is 1. The maximum Gasteiger partial charge on any atom is 0.338 e. The second-order valence-corrected chi connectivity index (χ2v) is 13.6. The van der Waals surface area contributed by atoms with E-state index in [1.54, 1.807) is 68.4 Å². The summed E-state index contributed by atoms with van der Waals surface area (Å²) in [5.74, 6) is -2.28. The quantitative estimate of drug-likeness (QED) is 0.137. The monoisotopic (exact) mass is 769 g/mol. The summed E-state index contributed by atoms with van der Waals surface area (Å²) in [7, 11) is 4.93. The van der Waals surface area contributed by atoms with E-state index in [-0.39, 0.29) is 30.3 Å². The molecule has 13 nitrogen and oxygen atoms in total. The molecule has 0 bridgehead atoms. The van der Waals surface area contributed by atoms with Gasteiger partial charge >= 0.3 is 11.9 Å². The first-order valence-electron chi connectivity index (χ1n) is 17.5. The van der Waals surface area contributed by atoms with Gasteiger partial charge in [-0.2, -0.15) is 5.26 Å². The van der Waals surface area contributed by atoms with Gasteiger partial charge in [-0.25, -0.2) is 9.59 Å². The van der Waals surface area contributed by atoms with Crippen molar-refractivity contribution in [2.45, 2.75) is 51.9 Å². The molecule has 55 heavy (non-hydrogen) atoms. The topological polar surface area (TPSA) is 169 Å². The minimum atomic E-state index is -1.28. The van der Waals surface area contributed by atoms with Crippen molar-refractivity contribution >= 4 is 41.0 Å². The molecule has 0 aliphatic carbocycles. The number of rotatable bonds is 16. The van der Waals surface area contributed by atoms with Gasteiger partial charge < -0.3 is 24.8 Å². The number of nitrogens with zero attached hydrogens (tertiary/aromatic N) is 3. The van der Waals surface area contributed by atoms with Crippen molar-refractivity contribution in [3.05, 3.63) is 117 Å². The predicted molar refractivity (Wildman–Crippen MR) is 208 cm³/mol. The average Bonchev–Trinajstić information content (AvgIpc) is 3.16. The molecule has 0 saturated carbocycles. The van der Waals surface area contributed by atoms with Gasteiger partial charge in [0, 0.05) is 27.9 Å². The number of hydrogen-bond donors (Lipinski definition) is 2. The molecule has 4 rings (SSSR count). The number of aromatic nitrogens is 1. The Bertz CT molecular complexity index is 2090. The van der Waals surface area contributed by atoms with Crippen LogP contribution in [0.15, 0.2) is 89.9 Å². The number of carbonyl (C=O) groups is 4. The van der Waals surface area contributed by atoms with Crippen LogP contribution in [0.2, 0.25) is 5.02 Å². The number of hydrogen-bond acceptors (Lipinski definition) is 10. The lowest BCUT2D eigenvalue weighted by atomic mass is 10.00. The Hall–Kier alpha value is -5.97. The van der Waals surface area contributed by atoms with Gasteiger partial charge in [-0.1, -0.05) is 62.7 Å². The Labute approximate surface area is 324 Å². The van der Waals surface area contributed by atoms with E-state index in [1.807, 2.05) is 19.9 Å². The van der Waals surface area contributed by atoms with Gasteiger partial charge in [-0.05, 0) is 74.5 Å². The minimum Gasteiger partial charge on any atom is -0.495 e. The third kappa shape index (κ3) is 10.8. The van der Waals surface area contributed by atoms with Crippen LogP contribution >= 0.6 is 11.6 Å². The number of likely N-dealkylation sites (N-methyl/N-ethyl adjacent to an activating group) is 1. The van der Waals surface area contributed by atoms with E-state index < -0.39 is 54.0 Å². The number of amides is 2. The predicted octanol–water partition coefficient (Wildman–Crippen LogP) is 5.61. The molecule has 2 N–H and O–H groups in total. The van der Waals surface area contributed by atoms with Crippen LogP contribution < -0.4 is 20.9 Å². The van der Waals surface area contributed by atoms with Crippen LogP contribution in [0.4, 0.5) is 5.69 Å². The molecule has 0 fully saturated rings. The molecular formula is C41H44ClN5O8. The van der Waals surface area contributed by atoms with Gasteiger partial charge in [0.15, 0.2) is 6.04 Å². The maximum atomic E-state index is 13.5. The van der Waals surface area contributed by atoms with Gasteiger partial charge in [0.2, 0.25) is 11.8 Å². The van der Waals surface area contributed by atoms with Crippen LogP contribution in [-0.4, -0.2) is 73.1 Å². The first-order valence-corrected chi connectivity index (χ1v) is 17.9. The third-order valence-electron chi connectivity index (χ3n) is 8.73. The Morgan fingerprint density at radius 1 is 0.927 bits per heavy atom. The lowest BCUT2D eigenvalue weighted by molar-refractivity contribution is -0.151. The molecule has 288 valence electrons. The van der Waals surface area contributed by atoms with Crippen LogP contribution in [0.25, 0.3) is 11.1 Å². The molecule has 0 aliphatic rings. The maximum absolute atomic E-state index is 13.5. The number of halogens is 1. The smallest absolute Gasteiger partial charge is 0.338 e. The molecule has 0 saturated heterocycles. The molecule has 3 atom stereocenters. The van der Waals surface area contributed by atoms with Crippen molar-refractivity contribution in [2.75, 3.05) is 33.1 Å². The van der Waals surface area contributed by atoms with Crippen molar-refractivity contribution in [1.82, 2.24) is 14.8 Å². The number of pyridine rings is 1. The Morgan fingerprint density at radius 3 is 2.22 bits per heavy atom. The molecule has 14 heteroatoms. The van der Waals surface area contributed by atoms with E-state index in [0.717, 1.165) is 5.56 Å². The van der Waals surface area contributed by atoms with Gasteiger partial charge in [-0.3, -0.25) is 23.9 Å². The highest BCUT2D eigenvalue weighted by Gasteiger charge is 2.31. The van der Waals surface area contributed by atoms with Crippen LogP contribution in [0.5, 0.6) is 5.75 Å². The number of ether oxygens (including phenoxy) is 3. The summed E-state index contributed by atoms with van der Waals surface area (Å²) in [4.78, 5) is 68.0. The summed E-state index contributed by atoms with van der Waals surface area (Å²) in [5.41, 5.74) is 1.77. The first-order chi connectivity index (χ1) is 26.3. The molecule has 2 amide bonds. The lowest BCUT2D eigenvalue weighted by Crippen LogP contribution is -2.53. The zero-order chi connectivity index (χ0) is 40.2. The molecule has 3 aromatic carbocycles. The summed E-state index contributed by atoms with van der Waals surface area (Å²) in [6.45, 7) is 4.99.